The Kier molecular flexibility index (Phi) is 5.44. The van der Waals surface area contributed by atoms with Crippen LogP contribution >= 0.6 is 11.6 Å². The third-order valence-corrected chi connectivity index (χ3v) is 5.52. The molecule has 0 aliphatic carbocycles. The minimum Gasteiger partial charge on any atom is -0.335 e. The van der Waals surface area contributed by atoms with Crippen molar-refractivity contribution in [3.05, 3.63) is 82.7 Å². The molecule has 5 nitrogen and oxygen atoms in total. The molecule has 1 fully saturated rings. The first-order valence-corrected chi connectivity index (χ1v) is 9.95. The van der Waals surface area contributed by atoms with E-state index in [4.69, 9.17) is 16.6 Å². The van der Waals surface area contributed by atoms with Crippen LogP contribution in [-0.4, -0.2) is 38.4 Å². The van der Waals surface area contributed by atoms with Crippen LogP contribution in [0.4, 0.5) is 0 Å². The smallest absolute Gasteiger partial charge is 0.289 e. The van der Waals surface area contributed by atoms with Gasteiger partial charge in [0.25, 0.3) is 5.91 Å². The quantitative estimate of drug-likeness (QED) is 0.670. The largest absolute Gasteiger partial charge is 0.335 e. The third kappa shape index (κ3) is 4.09. The summed E-state index contributed by atoms with van der Waals surface area (Å²) in [6, 6.07) is 14.1. The third-order valence-electron chi connectivity index (χ3n) is 5.27. The number of nitrogens with zero attached hydrogens (tertiary/aromatic N) is 4. The zero-order chi connectivity index (χ0) is 19.5. The van der Waals surface area contributed by atoms with Crippen molar-refractivity contribution in [2.24, 2.45) is 7.05 Å². The topological polar surface area (TPSA) is 51.0 Å². The van der Waals surface area contributed by atoms with Crippen molar-refractivity contribution < 1.29 is 4.79 Å². The standard InChI is InChI=1S/C22H23ClN4O/c1-26-13-11-24-21(26)22(28)27-12-3-4-17(15-27)20-6-2-5-19(25-20)14-16-7-9-18(23)10-8-16/h2,5-11,13,17H,3-4,12,14-15H2,1H3/t17-/m0/s1. The maximum absolute atomic E-state index is 12.8. The number of halogens is 1. The molecule has 0 bridgehead atoms. The van der Waals surface area contributed by atoms with Gasteiger partial charge in [0, 0.05) is 61.3 Å². The van der Waals surface area contributed by atoms with Crippen molar-refractivity contribution >= 4 is 17.5 Å². The van der Waals surface area contributed by atoms with E-state index < -0.39 is 0 Å². The van der Waals surface area contributed by atoms with Crippen molar-refractivity contribution in [2.75, 3.05) is 13.1 Å². The van der Waals surface area contributed by atoms with Crippen LogP contribution in [0.25, 0.3) is 0 Å². The molecule has 0 saturated carbocycles. The van der Waals surface area contributed by atoms with Crippen molar-refractivity contribution in [2.45, 2.75) is 25.2 Å². The van der Waals surface area contributed by atoms with Crippen LogP contribution in [0.15, 0.2) is 54.9 Å². The van der Waals surface area contributed by atoms with Crippen LogP contribution in [0.2, 0.25) is 5.02 Å². The molecule has 1 amide bonds. The number of benzene rings is 1. The fraction of sp³-hybridized carbons (Fsp3) is 0.318. The highest BCUT2D eigenvalue weighted by molar-refractivity contribution is 6.30. The highest BCUT2D eigenvalue weighted by Crippen LogP contribution is 2.27. The maximum Gasteiger partial charge on any atom is 0.289 e. The Morgan fingerprint density at radius 3 is 2.79 bits per heavy atom. The number of aromatic nitrogens is 3. The Bertz CT molecular complexity index is 967. The van der Waals surface area contributed by atoms with Crippen molar-refractivity contribution in [1.82, 2.24) is 19.4 Å². The van der Waals surface area contributed by atoms with E-state index in [-0.39, 0.29) is 11.8 Å². The van der Waals surface area contributed by atoms with E-state index in [0.717, 1.165) is 42.2 Å². The lowest BCUT2D eigenvalue weighted by Gasteiger charge is -2.32. The Hall–Kier alpha value is -2.66. The zero-order valence-corrected chi connectivity index (χ0v) is 16.6. The molecule has 1 aliphatic rings. The van der Waals surface area contributed by atoms with Gasteiger partial charge in [-0.1, -0.05) is 29.8 Å². The Labute approximate surface area is 170 Å². The van der Waals surface area contributed by atoms with E-state index >= 15 is 0 Å². The molecule has 28 heavy (non-hydrogen) atoms. The van der Waals surface area contributed by atoms with Gasteiger partial charge >= 0.3 is 0 Å². The van der Waals surface area contributed by atoms with Gasteiger partial charge in [-0.15, -0.1) is 0 Å². The summed E-state index contributed by atoms with van der Waals surface area (Å²) >= 11 is 5.97. The van der Waals surface area contributed by atoms with Crippen LogP contribution in [0, 0.1) is 0 Å². The SMILES string of the molecule is Cn1ccnc1C(=O)N1CCC[C@H](c2cccc(Cc3ccc(Cl)cc3)n2)C1. The highest BCUT2D eigenvalue weighted by atomic mass is 35.5. The fourth-order valence-corrected chi connectivity index (χ4v) is 3.88. The van der Waals surface area contributed by atoms with E-state index in [1.165, 1.54) is 5.56 Å². The molecule has 0 N–H and O–H groups in total. The number of imidazole rings is 1. The Balaban J connectivity index is 1.48. The summed E-state index contributed by atoms with van der Waals surface area (Å²) in [6.45, 7) is 1.45. The van der Waals surface area contributed by atoms with Gasteiger partial charge in [-0.3, -0.25) is 9.78 Å². The number of carbonyl (C=O) groups is 1. The van der Waals surface area contributed by atoms with E-state index in [1.807, 2.05) is 36.2 Å². The van der Waals surface area contributed by atoms with Gasteiger partial charge < -0.3 is 9.47 Å². The van der Waals surface area contributed by atoms with Crippen LogP contribution < -0.4 is 0 Å². The summed E-state index contributed by atoms with van der Waals surface area (Å²) in [7, 11) is 1.85. The summed E-state index contributed by atoms with van der Waals surface area (Å²) in [5.74, 6) is 0.739. The number of carbonyl (C=O) groups excluding carboxylic acids is 1. The number of piperidine rings is 1. The van der Waals surface area contributed by atoms with E-state index in [1.54, 1.807) is 17.0 Å². The van der Waals surface area contributed by atoms with Gasteiger partial charge in [0.05, 0.1) is 0 Å². The van der Waals surface area contributed by atoms with Gasteiger partial charge in [-0.25, -0.2) is 4.98 Å². The van der Waals surface area contributed by atoms with Crippen molar-refractivity contribution in [1.29, 1.82) is 0 Å². The minimum absolute atomic E-state index is 0.00508. The molecule has 4 rings (SSSR count). The number of aryl methyl sites for hydroxylation is 1. The molecule has 1 saturated heterocycles. The summed E-state index contributed by atoms with van der Waals surface area (Å²) in [6.07, 6.45) is 6.26. The van der Waals surface area contributed by atoms with Crippen molar-refractivity contribution in [3.63, 3.8) is 0 Å². The van der Waals surface area contributed by atoms with Crippen LogP contribution in [-0.2, 0) is 13.5 Å². The molecule has 1 aromatic carbocycles. The number of rotatable bonds is 4. The average Bonchev–Trinajstić information content (AvgIpc) is 3.15. The first kappa shape index (κ1) is 18.7. The summed E-state index contributed by atoms with van der Waals surface area (Å²) in [5, 5.41) is 0.741. The normalized spacial score (nSPS) is 16.9. The lowest BCUT2D eigenvalue weighted by molar-refractivity contribution is 0.0690. The Morgan fingerprint density at radius 1 is 1.21 bits per heavy atom. The molecule has 1 atom stereocenters. The predicted molar refractivity (Wildman–Crippen MR) is 110 cm³/mol. The van der Waals surface area contributed by atoms with Gasteiger partial charge in [-0.05, 0) is 42.7 Å². The lowest BCUT2D eigenvalue weighted by atomic mass is 9.93. The molecule has 0 unspecified atom stereocenters. The molecule has 3 heterocycles. The van der Waals surface area contributed by atoms with Crippen LogP contribution in [0.1, 0.15) is 46.3 Å². The zero-order valence-electron chi connectivity index (χ0n) is 15.9. The Morgan fingerprint density at radius 2 is 2.04 bits per heavy atom. The van der Waals surface area contributed by atoms with Crippen LogP contribution in [0.3, 0.4) is 0 Å². The first-order valence-electron chi connectivity index (χ1n) is 9.57. The number of pyridine rings is 1. The summed E-state index contributed by atoms with van der Waals surface area (Å²) in [4.78, 5) is 23.8. The molecular weight excluding hydrogens is 372 g/mol. The second-order valence-electron chi connectivity index (χ2n) is 7.31. The summed E-state index contributed by atoms with van der Waals surface area (Å²) < 4.78 is 1.77. The molecule has 144 valence electrons. The number of hydrogen-bond acceptors (Lipinski definition) is 3. The number of amides is 1. The summed E-state index contributed by atoms with van der Waals surface area (Å²) in [5.41, 5.74) is 3.28. The van der Waals surface area contributed by atoms with Gasteiger partial charge in [0.15, 0.2) is 5.82 Å². The first-order chi connectivity index (χ1) is 13.6. The lowest BCUT2D eigenvalue weighted by Crippen LogP contribution is -2.40. The average molecular weight is 395 g/mol. The molecular formula is C22H23ClN4O. The van der Waals surface area contributed by atoms with E-state index in [9.17, 15) is 4.79 Å². The maximum atomic E-state index is 12.8. The molecule has 2 aromatic heterocycles. The molecule has 0 radical (unpaired) electrons. The van der Waals surface area contributed by atoms with Crippen molar-refractivity contribution in [3.8, 4) is 0 Å². The monoisotopic (exact) mass is 394 g/mol. The molecule has 1 aliphatic heterocycles. The van der Waals surface area contributed by atoms with Gasteiger partial charge in [-0.2, -0.15) is 0 Å². The predicted octanol–water partition coefficient (Wildman–Crippen LogP) is 4.08. The van der Waals surface area contributed by atoms with E-state index in [0.29, 0.717) is 12.4 Å². The van der Waals surface area contributed by atoms with Gasteiger partial charge in [0.1, 0.15) is 0 Å². The fourth-order valence-electron chi connectivity index (χ4n) is 3.75. The second kappa shape index (κ2) is 8.15. The second-order valence-corrected chi connectivity index (χ2v) is 7.75. The van der Waals surface area contributed by atoms with E-state index in [2.05, 4.69) is 23.2 Å². The highest BCUT2D eigenvalue weighted by Gasteiger charge is 2.28. The minimum atomic E-state index is -0.00508. The molecule has 3 aromatic rings. The number of likely N-dealkylation sites (tertiary alicyclic amines) is 1. The van der Waals surface area contributed by atoms with Gasteiger partial charge in [0.2, 0.25) is 0 Å². The molecule has 0 spiro atoms. The molecule has 6 heteroatoms. The van der Waals surface area contributed by atoms with Crippen LogP contribution in [0.5, 0.6) is 0 Å². The number of hydrogen-bond donors (Lipinski definition) is 0.